The SMILES string of the molecule is CCN(CC)CCN1C(=O)C(=O)/C(=C(/O)c2ccncc2)[C@@H]1c1cccc(F)c1. The molecule has 1 aliphatic rings. The van der Waals surface area contributed by atoms with Crippen LogP contribution in [0.15, 0.2) is 54.4 Å². The molecule has 29 heavy (non-hydrogen) atoms. The molecule has 1 aliphatic heterocycles. The van der Waals surface area contributed by atoms with Crippen molar-refractivity contribution in [2.24, 2.45) is 0 Å². The molecular formula is C22H24FN3O3. The van der Waals surface area contributed by atoms with Crippen molar-refractivity contribution in [2.45, 2.75) is 19.9 Å². The summed E-state index contributed by atoms with van der Waals surface area (Å²) in [5.41, 5.74) is 0.786. The number of halogens is 1. The van der Waals surface area contributed by atoms with E-state index in [0.717, 1.165) is 13.1 Å². The second-order valence-corrected chi connectivity index (χ2v) is 6.81. The van der Waals surface area contributed by atoms with Gasteiger partial charge in [0, 0.05) is 31.0 Å². The molecule has 1 N–H and O–H groups in total. The summed E-state index contributed by atoms with van der Waals surface area (Å²) in [4.78, 5) is 33.1. The highest BCUT2D eigenvalue weighted by molar-refractivity contribution is 6.46. The third-order valence-electron chi connectivity index (χ3n) is 5.21. The van der Waals surface area contributed by atoms with Gasteiger partial charge in [0.1, 0.15) is 11.6 Å². The molecule has 0 spiro atoms. The normalized spacial score (nSPS) is 18.6. The third kappa shape index (κ3) is 4.19. The Morgan fingerprint density at radius 1 is 1.17 bits per heavy atom. The van der Waals surface area contributed by atoms with Gasteiger partial charge in [-0.25, -0.2) is 4.39 Å². The van der Waals surface area contributed by atoms with E-state index in [2.05, 4.69) is 9.88 Å². The number of carbonyl (C=O) groups excluding carboxylic acids is 2. The maximum atomic E-state index is 13.9. The lowest BCUT2D eigenvalue weighted by molar-refractivity contribution is -0.140. The number of ketones is 1. The lowest BCUT2D eigenvalue weighted by atomic mass is 9.95. The van der Waals surface area contributed by atoms with Gasteiger partial charge in [0.2, 0.25) is 0 Å². The van der Waals surface area contributed by atoms with Gasteiger partial charge in [0.15, 0.2) is 0 Å². The second-order valence-electron chi connectivity index (χ2n) is 6.81. The maximum absolute atomic E-state index is 13.9. The predicted octanol–water partition coefficient (Wildman–Crippen LogP) is 2.98. The van der Waals surface area contributed by atoms with Gasteiger partial charge in [-0.1, -0.05) is 26.0 Å². The molecule has 2 heterocycles. The minimum absolute atomic E-state index is 0.0358. The molecular weight excluding hydrogens is 373 g/mol. The Kier molecular flexibility index (Phi) is 6.39. The van der Waals surface area contributed by atoms with E-state index in [1.54, 1.807) is 18.2 Å². The summed E-state index contributed by atoms with van der Waals surface area (Å²) in [5, 5.41) is 10.8. The smallest absolute Gasteiger partial charge is 0.295 e. The van der Waals surface area contributed by atoms with E-state index < -0.39 is 23.5 Å². The molecule has 1 aromatic carbocycles. The van der Waals surface area contributed by atoms with Crippen molar-refractivity contribution in [3.63, 3.8) is 0 Å². The number of amides is 1. The second kappa shape index (κ2) is 8.96. The van der Waals surface area contributed by atoms with Crippen LogP contribution in [0.3, 0.4) is 0 Å². The molecule has 0 unspecified atom stereocenters. The van der Waals surface area contributed by atoms with Crippen LogP contribution < -0.4 is 0 Å². The van der Waals surface area contributed by atoms with E-state index in [4.69, 9.17) is 0 Å². The minimum atomic E-state index is -0.852. The zero-order valence-electron chi connectivity index (χ0n) is 16.5. The third-order valence-corrected chi connectivity index (χ3v) is 5.21. The molecule has 0 saturated carbocycles. The molecule has 1 atom stereocenters. The van der Waals surface area contributed by atoms with E-state index in [0.29, 0.717) is 24.2 Å². The highest BCUT2D eigenvalue weighted by Gasteiger charge is 2.46. The van der Waals surface area contributed by atoms with Gasteiger partial charge >= 0.3 is 0 Å². The summed E-state index contributed by atoms with van der Waals surface area (Å²) in [6, 6.07) is 8.04. The molecule has 0 bridgehead atoms. The molecule has 0 radical (unpaired) electrons. The van der Waals surface area contributed by atoms with Crippen molar-refractivity contribution in [1.29, 1.82) is 0 Å². The summed E-state index contributed by atoms with van der Waals surface area (Å²) in [6.07, 6.45) is 2.98. The fourth-order valence-corrected chi connectivity index (χ4v) is 3.59. The number of pyridine rings is 1. The molecule has 3 rings (SSSR count). The van der Waals surface area contributed by atoms with Crippen molar-refractivity contribution in [3.05, 3.63) is 71.3 Å². The van der Waals surface area contributed by atoms with Crippen LogP contribution in [-0.4, -0.2) is 57.8 Å². The maximum Gasteiger partial charge on any atom is 0.295 e. The first kappa shape index (κ1) is 20.7. The number of likely N-dealkylation sites (N-methyl/N-ethyl adjacent to an activating group) is 1. The number of likely N-dealkylation sites (tertiary alicyclic amines) is 1. The van der Waals surface area contributed by atoms with Gasteiger partial charge in [-0.2, -0.15) is 0 Å². The first-order chi connectivity index (χ1) is 14.0. The Hall–Kier alpha value is -3.06. The highest BCUT2D eigenvalue weighted by Crippen LogP contribution is 2.39. The molecule has 1 fully saturated rings. The zero-order chi connectivity index (χ0) is 21.0. The van der Waals surface area contributed by atoms with E-state index >= 15 is 0 Å². The van der Waals surface area contributed by atoms with Crippen LogP contribution in [0.2, 0.25) is 0 Å². The lowest BCUT2D eigenvalue weighted by Crippen LogP contribution is -2.38. The van der Waals surface area contributed by atoms with Crippen LogP contribution in [0.4, 0.5) is 4.39 Å². The number of hydrogen-bond acceptors (Lipinski definition) is 5. The van der Waals surface area contributed by atoms with Gasteiger partial charge in [-0.05, 0) is 42.9 Å². The monoisotopic (exact) mass is 397 g/mol. The van der Waals surface area contributed by atoms with Crippen molar-refractivity contribution in [1.82, 2.24) is 14.8 Å². The summed E-state index contributed by atoms with van der Waals surface area (Å²) < 4.78 is 13.9. The van der Waals surface area contributed by atoms with Crippen molar-refractivity contribution >= 4 is 17.4 Å². The average Bonchev–Trinajstić information content (AvgIpc) is 2.99. The van der Waals surface area contributed by atoms with Crippen LogP contribution in [0.25, 0.3) is 5.76 Å². The Balaban J connectivity index is 2.09. The lowest BCUT2D eigenvalue weighted by Gasteiger charge is -2.28. The van der Waals surface area contributed by atoms with E-state index in [1.807, 2.05) is 13.8 Å². The number of nitrogens with zero attached hydrogens (tertiary/aromatic N) is 3. The largest absolute Gasteiger partial charge is 0.507 e. The van der Waals surface area contributed by atoms with Crippen molar-refractivity contribution in [2.75, 3.05) is 26.2 Å². The fourth-order valence-electron chi connectivity index (χ4n) is 3.59. The number of carbonyl (C=O) groups is 2. The van der Waals surface area contributed by atoms with Crippen LogP contribution in [0.1, 0.15) is 31.0 Å². The molecule has 2 aromatic rings. The summed E-state index contributed by atoms with van der Waals surface area (Å²) in [6.45, 7) is 6.52. The quantitative estimate of drug-likeness (QED) is 0.442. The zero-order valence-corrected chi connectivity index (χ0v) is 16.5. The predicted molar refractivity (Wildman–Crippen MR) is 107 cm³/mol. The van der Waals surface area contributed by atoms with Gasteiger partial charge in [-0.15, -0.1) is 0 Å². The number of benzene rings is 1. The summed E-state index contributed by atoms with van der Waals surface area (Å²) in [5.74, 6) is -2.22. The Bertz CT molecular complexity index is 926. The van der Waals surface area contributed by atoms with Gasteiger partial charge in [-0.3, -0.25) is 14.6 Å². The van der Waals surface area contributed by atoms with E-state index in [1.165, 1.54) is 35.5 Å². The van der Waals surface area contributed by atoms with Gasteiger partial charge < -0.3 is 14.9 Å². The molecule has 6 nitrogen and oxygen atoms in total. The Morgan fingerprint density at radius 3 is 2.48 bits per heavy atom. The Labute approximate surface area is 169 Å². The molecule has 152 valence electrons. The number of aromatic nitrogens is 1. The van der Waals surface area contributed by atoms with Crippen LogP contribution >= 0.6 is 0 Å². The summed E-state index contributed by atoms with van der Waals surface area (Å²) >= 11 is 0. The average molecular weight is 397 g/mol. The number of hydrogen-bond donors (Lipinski definition) is 1. The summed E-state index contributed by atoms with van der Waals surface area (Å²) in [7, 11) is 0. The van der Waals surface area contributed by atoms with E-state index in [-0.39, 0.29) is 11.3 Å². The molecule has 1 saturated heterocycles. The number of aliphatic hydroxyl groups excluding tert-OH is 1. The first-order valence-electron chi connectivity index (χ1n) is 9.64. The fraction of sp³-hybridized carbons (Fsp3) is 0.318. The number of rotatable bonds is 7. The van der Waals surface area contributed by atoms with Crippen molar-refractivity contribution < 1.29 is 19.1 Å². The molecule has 0 aliphatic carbocycles. The topological polar surface area (TPSA) is 73.7 Å². The number of aliphatic hydroxyl groups is 1. The first-order valence-corrected chi connectivity index (χ1v) is 9.64. The highest BCUT2D eigenvalue weighted by atomic mass is 19.1. The van der Waals surface area contributed by atoms with Gasteiger partial charge in [0.05, 0.1) is 11.6 Å². The molecule has 7 heteroatoms. The molecule has 1 aromatic heterocycles. The minimum Gasteiger partial charge on any atom is -0.507 e. The van der Waals surface area contributed by atoms with Crippen LogP contribution in [0, 0.1) is 5.82 Å². The van der Waals surface area contributed by atoms with E-state index in [9.17, 15) is 19.1 Å². The standard InChI is InChI=1S/C22H24FN3O3/c1-3-25(4-2)12-13-26-19(16-6-5-7-17(23)14-16)18(21(28)22(26)29)20(27)15-8-10-24-11-9-15/h5-11,14,19,27H,3-4,12-13H2,1-2H3/b20-18+/t19-/m0/s1. The van der Waals surface area contributed by atoms with Gasteiger partial charge in [0.25, 0.3) is 11.7 Å². The Morgan fingerprint density at radius 2 is 1.86 bits per heavy atom. The van der Waals surface area contributed by atoms with Crippen LogP contribution in [0.5, 0.6) is 0 Å². The van der Waals surface area contributed by atoms with Crippen molar-refractivity contribution in [3.8, 4) is 0 Å². The number of Topliss-reactive ketones (excluding diaryl/α,β-unsaturated/α-hetero) is 1. The molecule has 1 amide bonds. The van der Waals surface area contributed by atoms with Crippen LogP contribution in [-0.2, 0) is 9.59 Å².